The van der Waals surface area contributed by atoms with Crippen molar-refractivity contribution in [2.24, 2.45) is 22.8 Å². The fourth-order valence-corrected chi connectivity index (χ4v) is 0.990. The highest BCUT2D eigenvalue weighted by Crippen LogP contribution is 2.12. The van der Waals surface area contributed by atoms with Gasteiger partial charge in [0.2, 0.25) is 11.8 Å². The molecule has 0 fully saturated rings. The smallest absolute Gasteiger partial charge is 0.224 e. The standard InChI is InChI=1S/C11H23N3O2/c1-8(6-12)4-5-9(15)14-7-11(2,3)10(13)16/h8H,4-7,12H2,1-3H3,(H2,13,16)(H,14,15). The van der Waals surface area contributed by atoms with Gasteiger partial charge in [-0.1, -0.05) is 6.92 Å². The van der Waals surface area contributed by atoms with Crippen molar-refractivity contribution in [1.29, 1.82) is 0 Å². The van der Waals surface area contributed by atoms with E-state index in [2.05, 4.69) is 5.32 Å². The van der Waals surface area contributed by atoms with Crippen molar-refractivity contribution < 1.29 is 9.59 Å². The first-order valence-corrected chi connectivity index (χ1v) is 5.56. The van der Waals surface area contributed by atoms with Gasteiger partial charge in [0.15, 0.2) is 0 Å². The number of primary amides is 1. The second-order valence-electron chi connectivity index (χ2n) is 4.90. The molecule has 0 aromatic heterocycles. The lowest BCUT2D eigenvalue weighted by atomic mass is 9.92. The molecular weight excluding hydrogens is 206 g/mol. The van der Waals surface area contributed by atoms with Crippen LogP contribution in [0.3, 0.4) is 0 Å². The Labute approximate surface area is 96.9 Å². The molecule has 0 radical (unpaired) electrons. The van der Waals surface area contributed by atoms with Crippen molar-refractivity contribution >= 4 is 11.8 Å². The number of amides is 2. The number of rotatable bonds is 7. The van der Waals surface area contributed by atoms with Gasteiger partial charge in [-0.3, -0.25) is 9.59 Å². The Balaban J connectivity index is 3.86. The maximum atomic E-state index is 11.4. The average molecular weight is 229 g/mol. The Hall–Kier alpha value is -1.10. The van der Waals surface area contributed by atoms with Crippen molar-refractivity contribution in [1.82, 2.24) is 5.32 Å². The molecule has 0 rings (SSSR count). The summed E-state index contributed by atoms with van der Waals surface area (Å²) in [5, 5.41) is 2.70. The second-order valence-corrected chi connectivity index (χ2v) is 4.90. The molecule has 0 aromatic rings. The number of nitrogens with one attached hydrogen (secondary N) is 1. The average Bonchev–Trinajstić information content (AvgIpc) is 2.22. The van der Waals surface area contributed by atoms with Crippen LogP contribution in [0.15, 0.2) is 0 Å². The van der Waals surface area contributed by atoms with E-state index in [1.165, 1.54) is 0 Å². The third-order valence-electron chi connectivity index (χ3n) is 2.66. The van der Waals surface area contributed by atoms with Gasteiger partial charge in [-0.25, -0.2) is 0 Å². The summed E-state index contributed by atoms with van der Waals surface area (Å²) >= 11 is 0. The van der Waals surface area contributed by atoms with Gasteiger partial charge >= 0.3 is 0 Å². The van der Waals surface area contributed by atoms with E-state index in [-0.39, 0.29) is 12.5 Å². The van der Waals surface area contributed by atoms with Gasteiger partial charge in [0, 0.05) is 13.0 Å². The Bertz CT molecular complexity index is 252. The molecule has 0 aliphatic rings. The second kappa shape index (κ2) is 6.48. The summed E-state index contributed by atoms with van der Waals surface area (Å²) < 4.78 is 0. The Kier molecular flexibility index (Phi) is 6.03. The molecule has 0 aliphatic heterocycles. The highest BCUT2D eigenvalue weighted by atomic mass is 16.2. The van der Waals surface area contributed by atoms with E-state index in [4.69, 9.17) is 11.5 Å². The summed E-state index contributed by atoms with van der Waals surface area (Å²) in [5.41, 5.74) is 9.94. The highest BCUT2D eigenvalue weighted by Gasteiger charge is 2.25. The Morgan fingerprint density at radius 3 is 2.38 bits per heavy atom. The molecule has 5 nitrogen and oxygen atoms in total. The summed E-state index contributed by atoms with van der Waals surface area (Å²) in [6, 6.07) is 0. The molecule has 0 bridgehead atoms. The molecule has 0 spiro atoms. The Morgan fingerprint density at radius 2 is 1.94 bits per heavy atom. The van der Waals surface area contributed by atoms with Crippen LogP contribution in [-0.4, -0.2) is 24.9 Å². The lowest BCUT2D eigenvalue weighted by Gasteiger charge is -2.20. The van der Waals surface area contributed by atoms with E-state index in [0.29, 0.717) is 18.9 Å². The molecule has 5 heteroatoms. The molecular formula is C11H23N3O2. The van der Waals surface area contributed by atoms with E-state index in [1.54, 1.807) is 13.8 Å². The Morgan fingerprint density at radius 1 is 1.38 bits per heavy atom. The highest BCUT2D eigenvalue weighted by molar-refractivity contribution is 5.82. The topological polar surface area (TPSA) is 98.2 Å². The van der Waals surface area contributed by atoms with Gasteiger partial charge in [0.1, 0.15) is 0 Å². The number of carbonyl (C=O) groups excluding carboxylic acids is 2. The van der Waals surface area contributed by atoms with Crippen molar-refractivity contribution in [3.05, 3.63) is 0 Å². The normalized spacial score (nSPS) is 13.2. The quantitative estimate of drug-likeness (QED) is 0.572. The maximum Gasteiger partial charge on any atom is 0.224 e. The van der Waals surface area contributed by atoms with Crippen LogP contribution in [0.25, 0.3) is 0 Å². The number of hydrogen-bond donors (Lipinski definition) is 3. The molecule has 0 aromatic carbocycles. The van der Waals surface area contributed by atoms with Crippen molar-refractivity contribution in [2.75, 3.05) is 13.1 Å². The minimum Gasteiger partial charge on any atom is -0.369 e. The minimum atomic E-state index is -0.699. The first kappa shape index (κ1) is 14.9. The molecule has 0 saturated carbocycles. The van der Waals surface area contributed by atoms with Crippen LogP contribution in [0.2, 0.25) is 0 Å². The maximum absolute atomic E-state index is 11.4. The predicted octanol–water partition coefficient (Wildman–Crippen LogP) is -0.0109. The molecule has 1 atom stereocenters. The fourth-order valence-electron chi connectivity index (χ4n) is 0.990. The summed E-state index contributed by atoms with van der Waals surface area (Å²) in [6.45, 7) is 6.27. The van der Waals surface area contributed by atoms with Crippen LogP contribution in [0.1, 0.15) is 33.6 Å². The SMILES string of the molecule is CC(CN)CCC(=O)NCC(C)(C)C(N)=O. The van der Waals surface area contributed by atoms with Gasteiger partial charge in [0.25, 0.3) is 0 Å². The van der Waals surface area contributed by atoms with Crippen molar-refractivity contribution in [2.45, 2.75) is 33.6 Å². The summed E-state index contributed by atoms with van der Waals surface area (Å²) in [7, 11) is 0. The molecule has 5 N–H and O–H groups in total. The van der Waals surface area contributed by atoms with Gasteiger partial charge in [0.05, 0.1) is 5.41 Å². The largest absolute Gasteiger partial charge is 0.369 e. The first-order chi connectivity index (χ1) is 7.29. The van der Waals surface area contributed by atoms with E-state index in [1.807, 2.05) is 6.92 Å². The van der Waals surface area contributed by atoms with Crippen LogP contribution in [0, 0.1) is 11.3 Å². The molecule has 0 saturated heterocycles. The molecule has 0 heterocycles. The minimum absolute atomic E-state index is 0.0605. The first-order valence-electron chi connectivity index (χ1n) is 5.56. The van der Waals surface area contributed by atoms with E-state index in [0.717, 1.165) is 6.42 Å². The zero-order chi connectivity index (χ0) is 12.8. The summed E-state index contributed by atoms with van der Waals surface area (Å²) in [5.74, 6) is -0.132. The predicted molar refractivity (Wildman–Crippen MR) is 63.4 cm³/mol. The van der Waals surface area contributed by atoms with Gasteiger partial charge in [-0.2, -0.15) is 0 Å². The molecule has 0 aliphatic carbocycles. The van der Waals surface area contributed by atoms with Crippen LogP contribution < -0.4 is 16.8 Å². The van der Waals surface area contributed by atoms with Crippen molar-refractivity contribution in [3.63, 3.8) is 0 Å². The van der Waals surface area contributed by atoms with Gasteiger partial charge < -0.3 is 16.8 Å². The molecule has 1 unspecified atom stereocenters. The van der Waals surface area contributed by atoms with Gasteiger partial charge in [-0.05, 0) is 32.7 Å². The van der Waals surface area contributed by atoms with E-state index >= 15 is 0 Å². The number of carbonyl (C=O) groups is 2. The van der Waals surface area contributed by atoms with E-state index in [9.17, 15) is 9.59 Å². The monoisotopic (exact) mass is 229 g/mol. The van der Waals surface area contributed by atoms with Crippen molar-refractivity contribution in [3.8, 4) is 0 Å². The number of hydrogen-bond acceptors (Lipinski definition) is 3. The summed E-state index contributed by atoms with van der Waals surface area (Å²) in [4.78, 5) is 22.4. The van der Waals surface area contributed by atoms with Crippen LogP contribution in [0.5, 0.6) is 0 Å². The van der Waals surface area contributed by atoms with E-state index < -0.39 is 11.3 Å². The van der Waals surface area contributed by atoms with Crippen LogP contribution >= 0.6 is 0 Å². The summed E-state index contributed by atoms with van der Waals surface area (Å²) in [6.07, 6.45) is 1.20. The third-order valence-corrected chi connectivity index (χ3v) is 2.66. The molecule has 16 heavy (non-hydrogen) atoms. The van der Waals surface area contributed by atoms with Crippen LogP contribution in [-0.2, 0) is 9.59 Å². The van der Waals surface area contributed by atoms with Gasteiger partial charge in [-0.15, -0.1) is 0 Å². The van der Waals surface area contributed by atoms with Crippen LogP contribution in [0.4, 0.5) is 0 Å². The fraction of sp³-hybridized carbons (Fsp3) is 0.818. The number of nitrogens with two attached hydrogens (primary N) is 2. The zero-order valence-electron chi connectivity index (χ0n) is 10.4. The molecule has 2 amide bonds. The third kappa shape index (κ3) is 5.70. The zero-order valence-corrected chi connectivity index (χ0v) is 10.4. The lowest BCUT2D eigenvalue weighted by Crippen LogP contribution is -2.42. The molecule has 94 valence electrons. The lowest BCUT2D eigenvalue weighted by molar-refractivity contribution is -0.127.